The van der Waals surface area contributed by atoms with Gasteiger partial charge in [-0.2, -0.15) is 9.36 Å². The van der Waals surface area contributed by atoms with E-state index in [-0.39, 0.29) is 11.1 Å². The van der Waals surface area contributed by atoms with Crippen molar-refractivity contribution >= 4 is 40.1 Å². The normalized spacial score (nSPS) is 10.6. The molecule has 120 valence electrons. The summed E-state index contributed by atoms with van der Waals surface area (Å²) < 4.78 is 17.5. The van der Waals surface area contributed by atoms with Crippen LogP contribution in [-0.4, -0.2) is 15.4 Å². The molecule has 2 aromatic rings. The number of hydrogen-bond acceptors (Lipinski definition) is 5. The lowest BCUT2D eigenvalue weighted by Crippen LogP contribution is -2.19. The van der Waals surface area contributed by atoms with E-state index in [9.17, 15) is 9.18 Å². The van der Waals surface area contributed by atoms with E-state index in [1.54, 1.807) is 12.1 Å². The zero-order chi connectivity index (χ0) is 16.9. The van der Waals surface area contributed by atoms with Crippen molar-refractivity contribution in [2.75, 3.05) is 10.6 Å². The van der Waals surface area contributed by atoms with Gasteiger partial charge in [0.05, 0.1) is 5.69 Å². The third kappa shape index (κ3) is 5.88. The van der Waals surface area contributed by atoms with Crippen molar-refractivity contribution < 1.29 is 9.18 Å². The largest absolute Gasteiger partial charge is 0.325 e. The molecule has 5 nitrogen and oxygen atoms in total. The average Bonchev–Trinajstić information content (AvgIpc) is 2.87. The SMILES string of the molecule is CC(C)(C)C#CSc1nsc(NC(=O)Nc2ccccc2F)n1. The van der Waals surface area contributed by atoms with Gasteiger partial charge in [-0.05, 0) is 38.2 Å². The lowest BCUT2D eigenvalue weighted by molar-refractivity contribution is 0.262. The first-order chi connectivity index (χ1) is 10.8. The highest BCUT2D eigenvalue weighted by Gasteiger charge is 2.10. The summed E-state index contributed by atoms with van der Waals surface area (Å²) in [7, 11) is 0. The fraction of sp³-hybridized carbons (Fsp3) is 0.267. The van der Waals surface area contributed by atoms with Crippen LogP contribution < -0.4 is 10.6 Å². The van der Waals surface area contributed by atoms with Crippen LogP contribution in [0.4, 0.5) is 20.0 Å². The van der Waals surface area contributed by atoms with Gasteiger partial charge in [-0.3, -0.25) is 5.32 Å². The molecule has 0 radical (unpaired) electrons. The number of aromatic nitrogens is 2. The standard InChI is InChI=1S/C15H15FN4OS2/c1-15(2,3)8-9-22-14-19-13(23-20-14)18-12(21)17-11-7-5-4-6-10(11)16/h4-7H,1-3H3,(H2,17,18,19,20,21). The van der Waals surface area contributed by atoms with E-state index in [0.29, 0.717) is 10.3 Å². The van der Waals surface area contributed by atoms with Crippen LogP contribution in [0.5, 0.6) is 0 Å². The molecular formula is C15H15FN4OS2. The number of benzene rings is 1. The molecule has 0 atom stereocenters. The van der Waals surface area contributed by atoms with Gasteiger partial charge in [0.15, 0.2) is 0 Å². The molecule has 0 saturated carbocycles. The number of para-hydroxylation sites is 1. The number of rotatable bonds is 3. The molecular weight excluding hydrogens is 335 g/mol. The van der Waals surface area contributed by atoms with E-state index in [0.717, 1.165) is 11.5 Å². The average molecular weight is 350 g/mol. The van der Waals surface area contributed by atoms with E-state index >= 15 is 0 Å². The fourth-order valence-corrected chi connectivity index (χ4v) is 2.71. The number of carbonyl (C=O) groups excluding carboxylic acids is 1. The minimum Gasteiger partial charge on any atom is -0.305 e. The molecule has 1 aromatic heterocycles. The van der Waals surface area contributed by atoms with E-state index in [2.05, 4.69) is 31.2 Å². The fourth-order valence-electron chi connectivity index (χ4n) is 1.34. The number of anilines is 2. The first kappa shape index (κ1) is 17.2. The molecule has 0 fully saturated rings. The summed E-state index contributed by atoms with van der Waals surface area (Å²) in [5, 5.41) is 8.63. The maximum absolute atomic E-state index is 13.4. The molecule has 0 aliphatic heterocycles. The third-order valence-corrected chi connectivity index (χ3v) is 3.63. The zero-order valence-corrected chi connectivity index (χ0v) is 14.4. The molecule has 1 aromatic carbocycles. The van der Waals surface area contributed by atoms with E-state index < -0.39 is 11.8 Å². The van der Waals surface area contributed by atoms with Crippen molar-refractivity contribution in [3.63, 3.8) is 0 Å². The maximum atomic E-state index is 13.4. The summed E-state index contributed by atoms with van der Waals surface area (Å²) in [4.78, 5) is 15.9. The van der Waals surface area contributed by atoms with Gasteiger partial charge >= 0.3 is 6.03 Å². The van der Waals surface area contributed by atoms with Crippen LogP contribution in [0.1, 0.15) is 20.8 Å². The van der Waals surface area contributed by atoms with Gasteiger partial charge in [0.1, 0.15) is 5.82 Å². The third-order valence-electron chi connectivity index (χ3n) is 2.32. The zero-order valence-electron chi connectivity index (χ0n) is 12.8. The molecule has 0 bridgehead atoms. The number of nitrogens with one attached hydrogen (secondary N) is 2. The summed E-state index contributed by atoms with van der Waals surface area (Å²) in [5.74, 6) is 2.55. The second-order valence-electron chi connectivity index (χ2n) is 5.52. The molecule has 2 amide bonds. The molecule has 23 heavy (non-hydrogen) atoms. The summed E-state index contributed by atoms with van der Waals surface area (Å²) in [6, 6.07) is 5.34. The predicted octanol–water partition coefficient (Wildman–Crippen LogP) is 4.42. The first-order valence-electron chi connectivity index (χ1n) is 6.69. The number of hydrogen-bond donors (Lipinski definition) is 2. The van der Waals surface area contributed by atoms with Crippen LogP contribution >= 0.6 is 23.3 Å². The molecule has 2 rings (SSSR count). The van der Waals surface area contributed by atoms with Crippen molar-refractivity contribution in [1.82, 2.24) is 9.36 Å². The number of amides is 2. The van der Waals surface area contributed by atoms with Crippen LogP contribution in [0.2, 0.25) is 0 Å². The number of carbonyl (C=O) groups is 1. The van der Waals surface area contributed by atoms with E-state index in [1.807, 2.05) is 20.8 Å². The van der Waals surface area contributed by atoms with Crippen molar-refractivity contribution in [2.45, 2.75) is 25.9 Å². The first-order valence-corrected chi connectivity index (χ1v) is 8.28. The molecule has 0 aliphatic carbocycles. The Hall–Kier alpha value is -2.11. The van der Waals surface area contributed by atoms with Crippen LogP contribution in [0, 0.1) is 22.4 Å². The van der Waals surface area contributed by atoms with Crippen molar-refractivity contribution in [3.05, 3.63) is 30.1 Å². The summed E-state index contributed by atoms with van der Waals surface area (Å²) in [5.41, 5.74) is 0.00386. The van der Waals surface area contributed by atoms with Gasteiger partial charge in [-0.25, -0.2) is 9.18 Å². The Kier molecular flexibility index (Phi) is 5.58. The smallest absolute Gasteiger partial charge is 0.305 e. The van der Waals surface area contributed by atoms with Gasteiger partial charge in [0.2, 0.25) is 10.3 Å². The van der Waals surface area contributed by atoms with Crippen molar-refractivity contribution in [2.24, 2.45) is 5.41 Å². The van der Waals surface area contributed by atoms with Gasteiger partial charge in [-0.15, -0.1) is 0 Å². The Morgan fingerprint density at radius 2 is 2.04 bits per heavy atom. The monoisotopic (exact) mass is 350 g/mol. The minimum atomic E-state index is -0.580. The van der Waals surface area contributed by atoms with E-state index in [4.69, 9.17) is 0 Å². The van der Waals surface area contributed by atoms with Gasteiger partial charge in [0.25, 0.3) is 0 Å². The molecule has 0 aliphatic rings. The predicted molar refractivity (Wildman–Crippen MR) is 92.0 cm³/mol. The number of nitrogens with zero attached hydrogens (tertiary/aromatic N) is 2. The number of halogens is 1. The van der Waals surface area contributed by atoms with Crippen LogP contribution in [-0.2, 0) is 0 Å². The van der Waals surface area contributed by atoms with Gasteiger partial charge in [0, 0.05) is 28.7 Å². The Bertz CT molecular complexity index is 759. The lowest BCUT2D eigenvalue weighted by atomic mass is 9.99. The molecule has 0 unspecified atom stereocenters. The Morgan fingerprint density at radius 3 is 2.74 bits per heavy atom. The molecule has 0 spiro atoms. The Labute approximate surface area is 142 Å². The molecule has 8 heteroatoms. The maximum Gasteiger partial charge on any atom is 0.325 e. The van der Waals surface area contributed by atoms with Crippen LogP contribution in [0.15, 0.2) is 29.4 Å². The molecule has 2 N–H and O–H groups in total. The summed E-state index contributed by atoms with van der Waals surface area (Å²) >= 11 is 2.23. The summed E-state index contributed by atoms with van der Waals surface area (Å²) in [6.07, 6.45) is 0. The number of thioether (sulfide) groups is 1. The van der Waals surface area contributed by atoms with Crippen LogP contribution in [0.3, 0.4) is 0 Å². The lowest BCUT2D eigenvalue weighted by Gasteiger charge is -2.06. The second kappa shape index (κ2) is 7.44. The van der Waals surface area contributed by atoms with Crippen molar-refractivity contribution in [3.8, 4) is 11.2 Å². The topological polar surface area (TPSA) is 66.9 Å². The second-order valence-corrected chi connectivity index (χ2v) is 7.05. The molecule has 1 heterocycles. The Morgan fingerprint density at radius 1 is 1.30 bits per heavy atom. The minimum absolute atomic E-state index is 0.0935. The summed E-state index contributed by atoms with van der Waals surface area (Å²) in [6.45, 7) is 6.03. The van der Waals surface area contributed by atoms with Gasteiger partial charge < -0.3 is 5.32 Å². The van der Waals surface area contributed by atoms with Crippen LogP contribution in [0.25, 0.3) is 0 Å². The number of urea groups is 1. The highest BCUT2D eigenvalue weighted by atomic mass is 32.2. The van der Waals surface area contributed by atoms with Gasteiger partial charge in [-0.1, -0.05) is 18.1 Å². The van der Waals surface area contributed by atoms with Crippen molar-refractivity contribution in [1.29, 1.82) is 0 Å². The quantitative estimate of drug-likeness (QED) is 0.635. The van der Waals surface area contributed by atoms with E-state index in [1.165, 1.54) is 23.9 Å². The molecule has 0 saturated heterocycles. The highest BCUT2D eigenvalue weighted by Crippen LogP contribution is 2.21. The highest BCUT2D eigenvalue weighted by molar-refractivity contribution is 8.03. The Balaban J connectivity index is 1.92.